The van der Waals surface area contributed by atoms with Gasteiger partial charge in [0.1, 0.15) is 3.70 Å². The molecule has 0 amide bonds. The van der Waals surface area contributed by atoms with Crippen LogP contribution in [0.25, 0.3) is 22.5 Å². The molecule has 7 N–H and O–H groups in total. The third-order valence-corrected chi connectivity index (χ3v) is 13.5. The van der Waals surface area contributed by atoms with E-state index in [0.717, 1.165) is 64.0 Å². The van der Waals surface area contributed by atoms with Crippen LogP contribution in [0.3, 0.4) is 0 Å². The molecule has 0 saturated carbocycles. The van der Waals surface area contributed by atoms with E-state index < -0.39 is 22.7 Å². The van der Waals surface area contributed by atoms with E-state index in [-0.39, 0.29) is 22.0 Å². The molecular formula is C60H71BF3IN12O4S. The van der Waals surface area contributed by atoms with Gasteiger partial charge in [-0.05, 0) is 138 Å². The molecule has 82 heavy (non-hydrogen) atoms. The molecule has 0 aliphatic heterocycles. The number of nitrogen functional groups attached to an aromatic ring is 2. The van der Waals surface area contributed by atoms with Crippen molar-refractivity contribution in [3.8, 4) is 22.5 Å². The molecule has 0 atom stereocenters. The largest absolute Gasteiger partial charge is 0.516 e. The average molecular weight is 1250 g/mol. The Labute approximate surface area is 495 Å². The van der Waals surface area contributed by atoms with Crippen molar-refractivity contribution < 1.29 is 33.1 Å². The van der Waals surface area contributed by atoms with Crippen LogP contribution in [0.5, 0.6) is 0 Å². The maximum Gasteiger partial charge on any atom is 0.516 e. The van der Waals surface area contributed by atoms with Gasteiger partial charge in [-0.2, -0.15) is 21.6 Å². The Morgan fingerprint density at radius 1 is 0.512 bits per heavy atom. The molecule has 3 aromatic heterocycles. The van der Waals surface area contributed by atoms with Gasteiger partial charge in [0.25, 0.3) is 0 Å². The summed E-state index contributed by atoms with van der Waals surface area (Å²) in [4.78, 5) is 6.43. The van der Waals surface area contributed by atoms with Crippen LogP contribution in [0, 0.1) is 3.70 Å². The van der Waals surface area contributed by atoms with Crippen LogP contribution in [-0.4, -0.2) is 81.3 Å². The smallest absolute Gasteiger partial charge is 0.423 e. The van der Waals surface area contributed by atoms with E-state index in [0.29, 0.717) is 41.3 Å². The van der Waals surface area contributed by atoms with Crippen LogP contribution in [0.1, 0.15) is 53.7 Å². The number of hydrogen-bond acceptors (Lipinski definition) is 15. The number of rotatable bonds is 17. The van der Waals surface area contributed by atoms with Crippen molar-refractivity contribution in [3.05, 3.63) is 221 Å². The summed E-state index contributed by atoms with van der Waals surface area (Å²) in [6.45, 7) is 11.1. The molecule has 22 heteroatoms. The predicted molar refractivity (Wildman–Crippen MR) is 338 cm³/mol. The predicted octanol–water partition coefficient (Wildman–Crippen LogP) is 11.8. The number of benzene rings is 6. The van der Waals surface area contributed by atoms with Crippen molar-refractivity contribution in [2.75, 3.05) is 50.5 Å². The molecule has 9 aromatic rings. The second-order valence-corrected chi connectivity index (χ2v) is 20.3. The number of halogens is 4. The van der Waals surface area contributed by atoms with Gasteiger partial charge in [-0.15, -0.1) is 30.6 Å². The summed E-state index contributed by atoms with van der Waals surface area (Å²) in [5.74, 6) is 2.46. The minimum Gasteiger partial charge on any atom is -0.423 e. The van der Waals surface area contributed by atoms with E-state index in [2.05, 4.69) is 125 Å². The number of aromatic nitrogens is 6. The number of nitrogens with one attached hydrogen (secondary N) is 1. The van der Waals surface area contributed by atoms with Gasteiger partial charge >= 0.3 is 22.7 Å². The van der Waals surface area contributed by atoms with Crippen LogP contribution >= 0.6 is 22.6 Å². The molecular weight excluding hydrogens is 1180 g/mol. The molecule has 0 aliphatic rings. The van der Waals surface area contributed by atoms with E-state index in [1.807, 2.05) is 103 Å². The maximum absolute atomic E-state index is 12.6. The van der Waals surface area contributed by atoms with E-state index >= 15 is 0 Å². The van der Waals surface area contributed by atoms with Gasteiger partial charge in [-0.1, -0.05) is 142 Å². The molecule has 0 fully saturated rings. The average Bonchev–Trinajstić information content (AvgIpc) is 3.47. The van der Waals surface area contributed by atoms with Crippen molar-refractivity contribution in [2.45, 2.75) is 60.8 Å². The van der Waals surface area contributed by atoms with Gasteiger partial charge in [-0.25, -0.2) is 0 Å². The van der Waals surface area contributed by atoms with Crippen LogP contribution < -0.4 is 36.4 Å². The van der Waals surface area contributed by atoms with Crippen LogP contribution in [0.2, 0.25) is 0 Å². The van der Waals surface area contributed by atoms with Crippen molar-refractivity contribution >= 4 is 79.7 Å². The number of anilines is 6. The molecule has 16 nitrogen and oxygen atoms in total. The van der Waals surface area contributed by atoms with Gasteiger partial charge < -0.3 is 36.2 Å². The molecule has 0 spiro atoms. The monoisotopic (exact) mass is 1250 g/mol. The SMILES string of the molecule is C.C.CCN(Cc1ccccc1)c1ccc(-c2cccc(N)c2)nn1.CCN(Cc1ccccc1)c1ccc(-c2cccc(NS(=O)(=O)C(F)(F)F)c2)nn1.CCN(Cc1ccccc1)c1ccc(I)nn1.Nc1cccc(B(O)O)c1.[2HH]. The van der Waals surface area contributed by atoms with Crippen molar-refractivity contribution in [1.82, 2.24) is 30.6 Å². The minimum atomic E-state index is -5.49. The van der Waals surface area contributed by atoms with E-state index in [1.54, 1.807) is 36.4 Å². The van der Waals surface area contributed by atoms with Crippen LogP contribution in [-0.2, 0) is 29.7 Å². The molecule has 0 aliphatic carbocycles. The molecule has 3 heterocycles. The Kier molecular flexibility index (Phi) is 26.6. The highest BCUT2D eigenvalue weighted by Gasteiger charge is 2.46. The summed E-state index contributed by atoms with van der Waals surface area (Å²) in [5, 5.41) is 42.7. The van der Waals surface area contributed by atoms with Crippen LogP contribution in [0.15, 0.2) is 200 Å². The molecule has 432 valence electrons. The molecule has 9 rings (SSSR count). The Balaban J connectivity index is 0.000000304. The van der Waals surface area contributed by atoms with E-state index in [4.69, 9.17) is 21.5 Å². The molecule has 0 unspecified atom stereocenters. The first-order valence-electron chi connectivity index (χ1n) is 25.2. The maximum atomic E-state index is 12.6. The highest BCUT2D eigenvalue weighted by molar-refractivity contribution is 14.1. The zero-order valence-electron chi connectivity index (χ0n) is 44.2. The fraction of sp³-hybridized carbons (Fsp3) is 0.200. The lowest BCUT2D eigenvalue weighted by Crippen LogP contribution is -2.29. The van der Waals surface area contributed by atoms with E-state index in [9.17, 15) is 21.6 Å². The lowest BCUT2D eigenvalue weighted by atomic mass is 9.80. The lowest BCUT2D eigenvalue weighted by Gasteiger charge is -2.21. The second-order valence-electron chi connectivity index (χ2n) is 17.6. The number of sulfonamides is 1. The number of alkyl halides is 3. The second kappa shape index (κ2) is 32.9. The third kappa shape index (κ3) is 20.7. The minimum absolute atomic E-state index is 0. The van der Waals surface area contributed by atoms with Crippen LogP contribution in [0.4, 0.5) is 47.7 Å². The van der Waals surface area contributed by atoms with Gasteiger partial charge in [0.15, 0.2) is 17.5 Å². The molecule has 0 saturated heterocycles. The van der Waals surface area contributed by atoms with Crippen molar-refractivity contribution in [3.63, 3.8) is 0 Å². The van der Waals surface area contributed by atoms with Gasteiger partial charge in [0.2, 0.25) is 0 Å². The topological polar surface area (TPSA) is 226 Å². The lowest BCUT2D eigenvalue weighted by molar-refractivity contribution is -0.0429. The van der Waals surface area contributed by atoms with Gasteiger partial charge in [0, 0.05) is 68.9 Å². The molecule has 0 bridgehead atoms. The zero-order valence-corrected chi connectivity index (χ0v) is 47.2. The van der Waals surface area contributed by atoms with E-state index in [1.165, 1.54) is 40.1 Å². The van der Waals surface area contributed by atoms with Gasteiger partial charge in [-0.3, -0.25) is 4.72 Å². The number of nitrogens with two attached hydrogens (primary N) is 2. The Hall–Kier alpha value is -8.19. The fourth-order valence-electron chi connectivity index (χ4n) is 7.62. The normalized spacial score (nSPS) is 10.5. The Morgan fingerprint density at radius 3 is 1.24 bits per heavy atom. The Morgan fingerprint density at radius 2 is 0.902 bits per heavy atom. The summed E-state index contributed by atoms with van der Waals surface area (Å²) in [7, 11) is -6.92. The molecule has 0 radical (unpaired) electrons. The fourth-order valence-corrected chi connectivity index (χ4v) is 8.46. The van der Waals surface area contributed by atoms with Crippen molar-refractivity contribution in [1.29, 1.82) is 0 Å². The molecule has 6 aromatic carbocycles. The highest BCUT2D eigenvalue weighted by atomic mass is 127. The highest BCUT2D eigenvalue weighted by Crippen LogP contribution is 2.28. The number of nitrogens with zero attached hydrogens (tertiary/aromatic N) is 9. The number of hydrogen-bond donors (Lipinski definition) is 5. The Bertz CT molecular complexity index is 3400. The standard InChI is InChI=1S/C20H19F3N4O2S.C19H20N4.C13H14IN3.C6H8BNO2.2CH4.H2/c1-2-27(14-15-7-4-3-5-8-15)19-12-11-18(24-25-19)16-9-6-10-17(13-16)26-30(28,29)20(21,22)23;1-2-23(14-15-7-4-3-5-8-15)19-12-11-18(21-22-19)16-9-6-10-17(20)13-16;1-2-17(10-11-6-4-3-5-7-11)13-9-8-12(14)15-16-13;8-6-3-1-2-5(4-6)7(9)10;;;/h3-13,26H,2,14H2,1H3;3-13H,2,14,20H2,1H3;3-9H,2,10H2,1H3;1-4,9-10H,8H2;2*1H4;1H/i;;;;;;1+1. The first-order chi connectivity index (χ1) is 38.4. The first kappa shape index (κ1) is 66.3. The summed E-state index contributed by atoms with van der Waals surface area (Å²) < 4.78 is 62.8. The third-order valence-electron chi connectivity index (χ3n) is 11.8. The summed E-state index contributed by atoms with van der Waals surface area (Å²) in [6, 6.07) is 61.8. The van der Waals surface area contributed by atoms with Crippen molar-refractivity contribution in [2.24, 2.45) is 0 Å². The summed E-state index contributed by atoms with van der Waals surface area (Å²) in [6.07, 6.45) is 0. The summed E-state index contributed by atoms with van der Waals surface area (Å²) >= 11 is 2.16. The quantitative estimate of drug-likeness (QED) is 0.0325. The first-order valence-corrected chi connectivity index (χ1v) is 27.8. The summed E-state index contributed by atoms with van der Waals surface area (Å²) in [5.41, 5.74) is 13.6. The zero-order chi connectivity index (χ0) is 57.5. The van der Waals surface area contributed by atoms with Gasteiger partial charge in [0.05, 0.1) is 11.4 Å².